The Morgan fingerprint density at radius 3 is 2.92 bits per heavy atom. The van der Waals surface area contributed by atoms with Gasteiger partial charge in [0.25, 0.3) is 0 Å². The SMILES string of the molecule is C=CCc1ccc(C)cc1C#N. The van der Waals surface area contributed by atoms with Gasteiger partial charge in [-0.15, -0.1) is 6.58 Å². The van der Waals surface area contributed by atoms with E-state index in [1.807, 2.05) is 31.2 Å². The number of aryl methyl sites for hydroxylation is 1. The standard InChI is InChI=1S/C11H11N/c1-3-4-10-6-5-9(2)7-11(10)8-12/h3,5-7H,1,4H2,2H3. The second kappa shape index (κ2) is 3.73. The molecular formula is C11H11N. The van der Waals surface area contributed by atoms with Crippen LogP contribution in [0.2, 0.25) is 0 Å². The van der Waals surface area contributed by atoms with E-state index in [-0.39, 0.29) is 0 Å². The minimum absolute atomic E-state index is 0.759. The molecule has 1 heteroatoms. The molecule has 0 radical (unpaired) electrons. The molecule has 0 atom stereocenters. The van der Waals surface area contributed by atoms with Crippen molar-refractivity contribution < 1.29 is 0 Å². The highest BCUT2D eigenvalue weighted by Gasteiger charge is 1.98. The lowest BCUT2D eigenvalue weighted by molar-refractivity contribution is 1.24. The molecule has 1 aromatic carbocycles. The summed E-state index contributed by atoms with van der Waals surface area (Å²) in [5, 5.41) is 8.79. The van der Waals surface area contributed by atoms with Gasteiger partial charge in [0.2, 0.25) is 0 Å². The molecule has 1 rings (SSSR count). The lowest BCUT2D eigenvalue weighted by Crippen LogP contribution is -1.88. The molecule has 0 amide bonds. The Balaban J connectivity index is 3.12. The van der Waals surface area contributed by atoms with E-state index in [1.165, 1.54) is 0 Å². The first-order valence-electron chi connectivity index (χ1n) is 3.88. The number of nitrogens with zero attached hydrogens (tertiary/aromatic N) is 1. The molecule has 0 spiro atoms. The van der Waals surface area contributed by atoms with Crippen molar-refractivity contribution in [2.45, 2.75) is 13.3 Å². The summed E-state index contributed by atoms with van der Waals surface area (Å²) in [6.45, 7) is 5.63. The highest BCUT2D eigenvalue weighted by atomic mass is 14.2. The van der Waals surface area contributed by atoms with Crippen molar-refractivity contribution >= 4 is 0 Å². The van der Waals surface area contributed by atoms with E-state index >= 15 is 0 Å². The molecule has 1 aromatic rings. The zero-order valence-electron chi connectivity index (χ0n) is 7.17. The Bertz CT molecular complexity index is 331. The molecule has 0 aliphatic carbocycles. The monoisotopic (exact) mass is 157 g/mol. The van der Waals surface area contributed by atoms with Crippen molar-refractivity contribution in [3.05, 3.63) is 47.5 Å². The third-order valence-corrected chi connectivity index (χ3v) is 1.75. The smallest absolute Gasteiger partial charge is 0.0994 e. The average molecular weight is 157 g/mol. The fourth-order valence-corrected chi connectivity index (χ4v) is 1.13. The summed E-state index contributed by atoms with van der Waals surface area (Å²) in [5.74, 6) is 0. The van der Waals surface area contributed by atoms with E-state index in [4.69, 9.17) is 5.26 Å². The highest BCUT2D eigenvalue weighted by molar-refractivity contribution is 5.41. The van der Waals surface area contributed by atoms with Gasteiger partial charge in [0.15, 0.2) is 0 Å². The number of benzene rings is 1. The van der Waals surface area contributed by atoms with Crippen molar-refractivity contribution in [2.24, 2.45) is 0 Å². The Morgan fingerprint density at radius 2 is 2.33 bits per heavy atom. The van der Waals surface area contributed by atoms with Crippen LogP contribution in [0.4, 0.5) is 0 Å². The molecule has 0 unspecified atom stereocenters. The lowest BCUT2D eigenvalue weighted by Gasteiger charge is -2.00. The first-order valence-corrected chi connectivity index (χ1v) is 3.88. The number of hydrogen-bond donors (Lipinski definition) is 0. The van der Waals surface area contributed by atoms with E-state index < -0.39 is 0 Å². The summed E-state index contributed by atoms with van der Waals surface area (Å²) in [7, 11) is 0. The van der Waals surface area contributed by atoms with Gasteiger partial charge in [-0.2, -0.15) is 5.26 Å². The van der Waals surface area contributed by atoms with Crippen LogP contribution in [0, 0.1) is 18.3 Å². The number of rotatable bonds is 2. The van der Waals surface area contributed by atoms with Crippen LogP contribution in [-0.2, 0) is 6.42 Å². The van der Waals surface area contributed by atoms with Gasteiger partial charge in [-0.3, -0.25) is 0 Å². The first kappa shape index (κ1) is 8.55. The Kier molecular flexibility index (Phi) is 2.66. The van der Waals surface area contributed by atoms with Crippen molar-refractivity contribution in [1.29, 1.82) is 5.26 Å². The molecule has 0 fully saturated rings. The second-order valence-corrected chi connectivity index (χ2v) is 2.77. The fourth-order valence-electron chi connectivity index (χ4n) is 1.13. The normalized spacial score (nSPS) is 9.00. The average Bonchev–Trinajstić information content (AvgIpc) is 2.08. The molecule has 0 saturated heterocycles. The maximum atomic E-state index is 8.79. The molecule has 0 N–H and O–H groups in total. The topological polar surface area (TPSA) is 23.8 Å². The van der Waals surface area contributed by atoms with E-state index in [0.717, 1.165) is 23.1 Å². The van der Waals surface area contributed by atoms with E-state index in [0.29, 0.717) is 0 Å². The van der Waals surface area contributed by atoms with Gasteiger partial charge >= 0.3 is 0 Å². The van der Waals surface area contributed by atoms with Gasteiger partial charge in [0, 0.05) is 0 Å². The summed E-state index contributed by atoms with van der Waals surface area (Å²) in [6, 6.07) is 8.07. The summed E-state index contributed by atoms with van der Waals surface area (Å²) in [4.78, 5) is 0. The van der Waals surface area contributed by atoms with Gasteiger partial charge < -0.3 is 0 Å². The zero-order chi connectivity index (χ0) is 8.97. The van der Waals surface area contributed by atoms with Crippen LogP contribution < -0.4 is 0 Å². The molecule has 0 bridgehead atoms. The van der Waals surface area contributed by atoms with Crippen LogP contribution in [0.15, 0.2) is 30.9 Å². The molecule has 0 heterocycles. The largest absolute Gasteiger partial charge is 0.192 e. The van der Waals surface area contributed by atoms with Gasteiger partial charge in [-0.05, 0) is 30.5 Å². The van der Waals surface area contributed by atoms with Crippen LogP contribution in [0.25, 0.3) is 0 Å². The molecule has 0 aromatic heterocycles. The number of hydrogen-bond acceptors (Lipinski definition) is 1. The Hall–Kier alpha value is -1.55. The van der Waals surface area contributed by atoms with Gasteiger partial charge in [0.1, 0.15) is 0 Å². The van der Waals surface area contributed by atoms with E-state index in [9.17, 15) is 0 Å². The third kappa shape index (κ3) is 1.73. The fraction of sp³-hybridized carbons (Fsp3) is 0.182. The van der Waals surface area contributed by atoms with Crippen LogP contribution in [0.3, 0.4) is 0 Å². The van der Waals surface area contributed by atoms with Gasteiger partial charge in [-0.25, -0.2) is 0 Å². The molecule has 1 nitrogen and oxygen atoms in total. The van der Waals surface area contributed by atoms with Crippen molar-refractivity contribution in [3.8, 4) is 6.07 Å². The van der Waals surface area contributed by atoms with Crippen molar-refractivity contribution in [2.75, 3.05) is 0 Å². The quantitative estimate of drug-likeness (QED) is 0.605. The highest BCUT2D eigenvalue weighted by Crippen LogP contribution is 2.11. The summed E-state index contributed by atoms with van der Waals surface area (Å²) >= 11 is 0. The number of allylic oxidation sites excluding steroid dienone is 1. The second-order valence-electron chi connectivity index (χ2n) is 2.77. The van der Waals surface area contributed by atoms with Crippen molar-refractivity contribution in [3.63, 3.8) is 0 Å². The van der Waals surface area contributed by atoms with Crippen LogP contribution >= 0.6 is 0 Å². The van der Waals surface area contributed by atoms with Crippen molar-refractivity contribution in [1.82, 2.24) is 0 Å². The minimum Gasteiger partial charge on any atom is -0.192 e. The molecule has 0 saturated carbocycles. The lowest BCUT2D eigenvalue weighted by atomic mass is 10.0. The van der Waals surface area contributed by atoms with E-state index in [1.54, 1.807) is 0 Å². The predicted octanol–water partition coefficient (Wildman–Crippen LogP) is 2.60. The Morgan fingerprint density at radius 1 is 1.58 bits per heavy atom. The first-order chi connectivity index (χ1) is 5.77. The molecule has 12 heavy (non-hydrogen) atoms. The maximum absolute atomic E-state index is 8.79. The molecule has 60 valence electrons. The van der Waals surface area contributed by atoms with Gasteiger partial charge in [0.05, 0.1) is 11.6 Å². The molecule has 0 aliphatic heterocycles. The van der Waals surface area contributed by atoms with Crippen LogP contribution in [0.5, 0.6) is 0 Å². The van der Waals surface area contributed by atoms with Crippen LogP contribution in [0.1, 0.15) is 16.7 Å². The third-order valence-electron chi connectivity index (χ3n) is 1.75. The van der Waals surface area contributed by atoms with Crippen LogP contribution in [-0.4, -0.2) is 0 Å². The molecular weight excluding hydrogens is 146 g/mol. The van der Waals surface area contributed by atoms with E-state index in [2.05, 4.69) is 12.6 Å². The van der Waals surface area contributed by atoms with Gasteiger partial charge in [-0.1, -0.05) is 18.2 Å². The Labute approximate surface area is 73.0 Å². The zero-order valence-corrected chi connectivity index (χ0v) is 7.17. The summed E-state index contributed by atoms with van der Waals surface area (Å²) in [6.07, 6.45) is 2.58. The maximum Gasteiger partial charge on any atom is 0.0994 e. The summed E-state index contributed by atoms with van der Waals surface area (Å²) in [5.41, 5.74) is 2.94. The molecule has 0 aliphatic rings. The number of nitriles is 1. The predicted molar refractivity (Wildman–Crippen MR) is 49.8 cm³/mol. The summed E-state index contributed by atoms with van der Waals surface area (Å²) < 4.78 is 0. The minimum atomic E-state index is 0.759.